The molecule has 7 nitrogen and oxygen atoms in total. The minimum atomic E-state index is -0.345. The van der Waals surface area contributed by atoms with Gasteiger partial charge < -0.3 is 24.4 Å². The molecule has 0 radical (unpaired) electrons. The Bertz CT molecular complexity index is 1190. The van der Waals surface area contributed by atoms with Crippen molar-refractivity contribution in [2.75, 3.05) is 20.8 Å². The highest BCUT2D eigenvalue weighted by Gasteiger charge is 2.21. The van der Waals surface area contributed by atoms with Crippen LogP contribution in [-0.2, 0) is 11.2 Å². The third-order valence-corrected chi connectivity index (χ3v) is 5.09. The van der Waals surface area contributed by atoms with Crippen molar-refractivity contribution < 1.29 is 28.3 Å². The van der Waals surface area contributed by atoms with E-state index in [0.717, 1.165) is 16.7 Å². The minimum Gasteiger partial charge on any atom is -0.502 e. The molecule has 8 heteroatoms. The molecule has 0 spiro atoms. The van der Waals surface area contributed by atoms with Crippen LogP contribution in [0.1, 0.15) is 22.5 Å². The third-order valence-electron chi connectivity index (χ3n) is 5.09. The van der Waals surface area contributed by atoms with Crippen molar-refractivity contribution in [1.29, 1.82) is 0 Å². The number of phenols is 1. The SMILES string of the molecule is COc1cc(C=C2C(CNC(=O)Cc3ccno3)=Cc3cc(F)ccc32)cc(OC)c1O. The zero-order valence-corrected chi connectivity index (χ0v) is 17.5. The maximum Gasteiger partial charge on any atom is 0.227 e. The summed E-state index contributed by atoms with van der Waals surface area (Å²) >= 11 is 0. The predicted molar refractivity (Wildman–Crippen MR) is 117 cm³/mol. The van der Waals surface area contributed by atoms with Gasteiger partial charge in [-0.2, -0.15) is 0 Å². The number of carbonyl (C=O) groups is 1. The fourth-order valence-corrected chi connectivity index (χ4v) is 3.57. The van der Waals surface area contributed by atoms with Gasteiger partial charge in [0, 0.05) is 12.6 Å². The standard InChI is InChI=1S/C24H21FN2O5/c1-30-21-8-14(9-22(31-2)24(21)29)7-20-16(10-15-11-17(25)3-4-19(15)20)13-26-23(28)12-18-5-6-27-32-18/h3-11,29H,12-13H2,1-2H3,(H,26,28). The van der Waals surface area contributed by atoms with Crippen molar-refractivity contribution in [2.45, 2.75) is 6.42 Å². The van der Waals surface area contributed by atoms with Crippen LogP contribution in [0, 0.1) is 5.82 Å². The molecule has 32 heavy (non-hydrogen) atoms. The molecule has 0 saturated heterocycles. The number of hydrogen-bond acceptors (Lipinski definition) is 6. The number of halogens is 1. The Morgan fingerprint density at radius 3 is 2.59 bits per heavy atom. The summed E-state index contributed by atoms with van der Waals surface area (Å²) in [5.41, 5.74) is 3.88. The highest BCUT2D eigenvalue weighted by Crippen LogP contribution is 2.41. The summed E-state index contributed by atoms with van der Waals surface area (Å²) in [5.74, 6) is 0.327. The molecule has 3 aromatic rings. The van der Waals surface area contributed by atoms with Gasteiger partial charge >= 0.3 is 0 Å². The van der Waals surface area contributed by atoms with E-state index in [1.165, 1.54) is 32.5 Å². The molecule has 0 unspecified atom stereocenters. The molecule has 0 atom stereocenters. The number of rotatable bonds is 7. The number of ether oxygens (including phenoxy) is 2. The molecule has 2 aromatic carbocycles. The lowest BCUT2D eigenvalue weighted by molar-refractivity contribution is -0.120. The van der Waals surface area contributed by atoms with E-state index < -0.39 is 0 Å². The first-order chi connectivity index (χ1) is 15.5. The van der Waals surface area contributed by atoms with E-state index in [4.69, 9.17) is 14.0 Å². The van der Waals surface area contributed by atoms with Crippen molar-refractivity contribution in [3.05, 3.63) is 76.4 Å². The normalized spacial score (nSPS) is 13.6. The second kappa shape index (κ2) is 8.97. The maximum absolute atomic E-state index is 13.8. The van der Waals surface area contributed by atoms with Crippen molar-refractivity contribution in [3.8, 4) is 17.2 Å². The first-order valence-electron chi connectivity index (χ1n) is 9.82. The van der Waals surface area contributed by atoms with Gasteiger partial charge in [0.25, 0.3) is 0 Å². The van der Waals surface area contributed by atoms with Crippen LogP contribution < -0.4 is 14.8 Å². The monoisotopic (exact) mass is 436 g/mol. The van der Waals surface area contributed by atoms with Crippen LogP contribution in [0.25, 0.3) is 17.7 Å². The molecule has 164 valence electrons. The molecular weight excluding hydrogens is 415 g/mol. The Balaban J connectivity index is 1.65. The average Bonchev–Trinajstić information content (AvgIpc) is 3.40. The van der Waals surface area contributed by atoms with E-state index in [1.54, 1.807) is 24.3 Å². The number of hydrogen-bond donors (Lipinski definition) is 2. The highest BCUT2D eigenvalue weighted by molar-refractivity contribution is 6.02. The first kappa shape index (κ1) is 21.2. The lowest BCUT2D eigenvalue weighted by Gasteiger charge is -2.12. The fraction of sp³-hybridized carbons (Fsp3) is 0.167. The molecule has 1 aromatic heterocycles. The molecule has 1 amide bonds. The summed E-state index contributed by atoms with van der Waals surface area (Å²) in [6, 6.07) is 9.52. The van der Waals surface area contributed by atoms with E-state index in [2.05, 4.69) is 10.5 Å². The van der Waals surface area contributed by atoms with Gasteiger partial charge in [-0.25, -0.2) is 4.39 Å². The summed E-state index contributed by atoms with van der Waals surface area (Å²) in [6.45, 7) is 0.238. The summed E-state index contributed by atoms with van der Waals surface area (Å²) in [6.07, 6.45) is 5.27. The number of aromatic hydroxyl groups is 1. The second-order valence-electron chi connectivity index (χ2n) is 7.17. The third kappa shape index (κ3) is 4.34. The molecule has 2 N–H and O–H groups in total. The van der Waals surface area contributed by atoms with Crippen LogP contribution in [0.3, 0.4) is 0 Å². The molecule has 1 aliphatic carbocycles. The number of fused-ring (bicyclic) bond motifs is 1. The zero-order valence-electron chi connectivity index (χ0n) is 17.5. The number of carbonyl (C=O) groups excluding carboxylic acids is 1. The molecule has 4 rings (SSSR count). The Hall–Kier alpha value is -4.07. The van der Waals surface area contributed by atoms with E-state index in [9.17, 15) is 14.3 Å². The smallest absolute Gasteiger partial charge is 0.227 e. The number of phenolic OH excluding ortho intramolecular Hbond substituents is 1. The maximum atomic E-state index is 13.8. The number of nitrogens with one attached hydrogen (secondary N) is 1. The van der Waals surface area contributed by atoms with E-state index in [0.29, 0.717) is 16.9 Å². The van der Waals surface area contributed by atoms with Gasteiger partial charge in [0.2, 0.25) is 11.7 Å². The fourth-order valence-electron chi connectivity index (χ4n) is 3.57. The van der Waals surface area contributed by atoms with Gasteiger partial charge in [0.1, 0.15) is 11.6 Å². The Kier molecular flexibility index (Phi) is 5.93. The number of aromatic nitrogens is 1. The van der Waals surface area contributed by atoms with E-state index in [-0.39, 0.29) is 41.9 Å². The molecule has 1 aliphatic rings. The summed E-state index contributed by atoms with van der Waals surface area (Å²) in [5, 5.41) is 16.6. The van der Waals surface area contributed by atoms with Crippen molar-refractivity contribution in [1.82, 2.24) is 10.5 Å². The lowest BCUT2D eigenvalue weighted by atomic mass is 9.99. The summed E-state index contributed by atoms with van der Waals surface area (Å²) < 4.78 is 29.3. The van der Waals surface area contributed by atoms with Crippen LogP contribution in [0.2, 0.25) is 0 Å². The van der Waals surface area contributed by atoms with Gasteiger partial charge in [-0.3, -0.25) is 4.79 Å². The van der Waals surface area contributed by atoms with E-state index in [1.807, 2.05) is 12.2 Å². The van der Waals surface area contributed by atoms with Crippen LogP contribution in [0.15, 0.2) is 52.7 Å². The Morgan fingerprint density at radius 2 is 1.94 bits per heavy atom. The number of nitrogens with zero attached hydrogens (tertiary/aromatic N) is 1. The number of benzene rings is 2. The van der Waals surface area contributed by atoms with Crippen molar-refractivity contribution in [2.24, 2.45) is 0 Å². The van der Waals surface area contributed by atoms with Crippen LogP contribution >= 0.6 is 0 Å². The average molecular weight is 436 g/mol. The van der Waals surface area contributed by atoms with Crippen LogP contribution in [-0.4, -0.2) is 36.9 Å². The van der Waals surface area contributed by atoms with Gasteiger partial charge in [0.05, 0.1) is 26.8 Å². The molecule has 0 saturated carbocycles. The van der Waals surface area contributed by atoms with Gasteiger partial charge in [-0.05, 0) is 64.3 Å². The molecular formula is C24H21FN2O5. The lowest BCUT2D eigenvalue weighted by Crippen LogP contribution is -2.26. The topological polar surface area (TPSA) is 93.8 Å². The van der Waals surface area contributed by atoms with Crippen molar-refractivity contribution >= 4 is 23.6 Å². The minimum absolute atomic E-state index is 0.0697. The first-order valence-corrected chi connectivity index (χ1v) is 9.82. The number of amides is 1. The van der Waals surface area contributed by atoms with Crippen LogP contribution in [0.5, 0.6) is 17.2 Å². The largest absolute Gasteiger partial charge is 0.502 e. The summed E-state index contributed by atoms with van der Waals surface area (Å²) in [4.78, 5) is 12.3. The highest BCUT2D eigenvalue weighted by atomic mass is 19.1. The predicted octanol–water partition coefficient (Wildman–Crippen LogP) is 3.83. The number of methoxy groups -OCH3 is 2. The van der Waals surface area contributed by atoms with E-state index >= 15 is 0 Å². The van der Waals surface area contributed by atoms with Gasteiger partial charge in [0.15, 0.2) is 11.5 Å². The Morgan fingerprint density at radius 1 is 1.19 bits per heavy atom. The Labute approximate surface area is 183 Å². The quantitative estimate of drug-likeness (QED) is 0.585. The van der Waals surface area contributed by atoms with Crippen molar-refractivity contribution in [3.63, 3.8) is 0 Å². The van der Waals surface area contributed by atoms with Gasteiger partial charge in [-0.1, -0.05) is 11.2 Å². The van der Waals surface area contributed by atoms with Crippen LogP contribution in [0.4, 0.5) is 4.39 Å². The molecule has 0 aliphatic heterocycles. The molecule has 0 fully saturated rings. The molecule has 0 bridgehead atoms. The van der Waals surface area contributed by atoms with Gasteiger partial charge in [-0.15, -0.1) is 0 Å². The zero-order chi connectivity index (χ0) is 22.7. The second-order valence-corrected chi connectivity index (χ2v) is 7.17. The summed E-state index contributed by atoms with van der Waals surface area (Å²) in [7, 11) is 2.91. The molecule has 1 heterocycles.